The van der Waals surface area contributed by atoms with Crippen LogP contribution in [0.2, 0.25) is 0 Å². The van der Waals surface area contributed by atoms with Gasteiger partial charge < -0.3 is 15.0 Å². The van der Waals surface area contributed by atoms with Gasteiger partial charge in [-0.2, -0.15) is 0 Å². The standard InChI is InChI=1S/C21H24FN3O2/c22-18-8-4-5-16(11-18)12-23-21(26)24-9-10-25-19(13-24)14-27-15-20(25)17-6-2-1-3-7-17/h1-8,11,19-20H,9-10,12-15H2,(H,23,26)/t19-,20-/m1/s1. The minimum atomic E-state index is -0.290. The van der Waals surface area contributed by atoms with Crippen molar-refractivity contribution in [2.45, 2.75) is 18.6 Å². The van der Waals surface area contributed by atoms with E-state index < -0.39 is 0 Å². The summed E-state index contributed by atoms with van der Waals surface area (Å²) < 4.78 is 19.1. The molecular formula is C21H24FN3O2. The molecule has 2 heterocycles. The van der Waals surface area contributed by atoms with Crippen LogP contribution in [0.1, 0.15) is 17.2 Å². The second-order valence-corrected chi connectivity index (χ2v) is 7.09. The van der Waals surface area contributed by atoms with Crippen LogP contribution in [-0.4, -0.2) is 54.7 Å². The largest absolute Gasteiger partial charge is 0.378 e. The number of ether oxygens (including phenoxy) is 1. The molecule has 142 valence electrons. The van der Waals surface area contributed by atoms with Crippen LogP contribution < -0.4 is 5.32 Å². The first-order valence-electron chi connectivity index (χ1n) is 9.36. The molecule has 0 unspecified atom stereocenters. The monoisotopic (exact) mass is 369 g/mol. The Kier molecular flexibility index (Phi) is 5.36. The Labute approximate surface area is 158 Å². The molecule has 0 aromatic heterocycles. The van der Waals surface area contributed by atoms with Gasteiger partial charge in [0.25, 0.3) is 0 Å². The number of hydrogen-bond acceptors (Lipinski definition) is 3. The van der Waals surface area contributed by atoms with Crippen LogP contribution in [0.4, 0.5) is 9.18 Å². The van der Waals surface area contributed by atoms with Crippen LogP contribution >= 0.6 is 0 Å². The van der Waals surface area contributed by atoms with E-state index in [0.717, 1.165) is 12.1 Å². The Hall–Kier alpha value is -2.44. The second kappa shape index (κ2) is 8.06. The van der Waals surface area contributed by atoms with Gasteiger partial charge in [0.15, 0.2) is 0 Å². The van der Waals surface area contributed by atoms with Crippen molar-refractivity contribution in [3.8, 4) is 0 Å². The van der Waals surface area contributed by atoms with E-state index in [1.54, 1.807) is 12.1 Å². The molecular weight excluding hydrogens is 345 g/mol. The lowest BCUT2D eigenvalue weighted by atomic mass is 10.0. The van der Waals surface area contributed by atoms with Crippen LogP contribution in [0.5, 0.6) is 0 Å². The molecule has 0 bridgehead atoms. The molecule has 4 rings (SSSR count). The topological polar surface area (TPSA) is 44.8 Å². The highest BCUT2D eigenvalue weighted by Crippen LogP contribution is 2.29. The normalized spacial score (nSPS) is 22.9. The predicted molar refractivity (Wildman–Crippen MR) is 101 cm³/mol. The molecule has 5 nitrogen and oxygen atoms in total. The van der Waals surface area contributed by atoms with Gasteiger partial charge in [-0.1, -0.05) is 42.5 Å². The maximum atomic E-state index is 13.3. The highest BCUT2D eigenvalue weighted by Gasteiger charge is 2.37. The first-order chi connectivity index (χ1) is 13.2. The molecule has 2 saturated heterocycles. The molecule has 0 saturated carbocycles. The summed E-state index contributed by atoms with van der Waals surface area (Å²) in [5.41, 5.74) is 2.01. The molecule has 2 fully saturated rings. The number of benzene rings is 2. The first kappa shape index (κ1) is 17.9. The van der Waals surface area contributed by atoms with Gasteiger partial charge in [-0.15, -0.1) is 0 Å². The van der Waals surface area contributed by atoms with Crippen molar-refractivity contribution < 1.29 is 13.9 Å². The Morgan fingerprint density at radius 1 is 1.11 bits per heavy atom. The number of amides is 2. The molecule has 0 aliphatic carbocycles. The molecule has 1 N–H and O–H groups in total. The summed E-state index contributed by atoms with van der Waals surface area (Å²) in [5.74, 6) is -0.290. The summed E-state index contributed by atoms with van der Waals surface area (Å²) in [4.78, 5) is 16.8. The molecule has 27 heavy (non-hydrogen) atoms. The Morgan fingerprint density at radius 2 is 1.96 bits per heavy atom. The molecule has 2 aromatic carbocycles. The summed E-state index contributed by atoms with van der Waals surface area (Å²) >= 11 is 0. The highest BCUT2D eigenvalue weighted by atomic mass is 19.1. The van der Waals surface area contributed by atoms with Crippen molar-refractivity contribution in [2.24, 2.45) is 0 Å². The lowest BCUT2D eigenvalue weighted by molar-refractivity contribution is -0.0755. The maximum Gasteiger partial charge on any atom is 0.317 e. The van der Waals surface area contributed by atoms with E-state index in [1.807, 2.05) is 11.0 Å². The number of urea groups is 1. The predicted octanol–water partition coefficient (Wildman–Crippen LogP) is 2.79. The SMILES string of the molecule is O=C(NCc1cccc(F)c1)N1CCN2[C@@H](COC[C@@H]2c2ccccc2)C1. The number of fused-ring (bicyclic) bond motifs is 1. The van der Waals surface area contributed by atoms with Gasteiger partial charge in [-0.3, -0.25) is 4.90 Å². The van der Waals surface area contributed by atoms with Crippen LogP contribution in [0, 0.1) is 5.82 Å². The van der Waals surface area contributed by atoms with Crippen molar-refractivity contribution >= 4 is 6.03 Å². The fourth-order valence-corrected chi connectivity index (χ4v) is 3.92. The number of piperazine rings is 1. The second-order valence-electron chi connectivity index (χ2n) is 7.09. The molecule has 0 spiro atoms. The first-order valence-corrected chi connectivity index (χ1v) is 9.36. The molecule has 2 amide bonds. The minimum absolute atomic E-state index is 0.110. The van der Waals surface area contributed by atoms with Gasteiger partial charge in [-0.05, 0) is 23.3 Å². The van der Waals surface area contributed by atoms with Crippen molar-refractivity contribution in [1.82, 2.24) is 15.1 Å². The van der Waals surface area contributed by atoms with E-state index in [-0.39, 0.29) is 23.9 Å². The Balaban J connectivity index is 1.36. The van der Waals surface area contributed by atoms with E-state index >= 15 is 0 Å². The van der Waals surface area contributed by atoms with E-state index in [9.17, 15) is 9.18 Å². The summed E-state index contributed by atoms with van der Waals surface area (Å²) in [6.07, 6.45) is 0. The smallest absolute Gasteiger partial charge is 0.317 e. The average molecular weight is 369 g/mol. The zero-order valence-electron chi connectivity index (χ0n) is 15.2. The number of morpholine rings is 1. The molecule has 2 atom stereocenters. The fraction of sp³-hybridized carbons (Fsp3) is 0.381. The Bertz CT molecular complexity index is 786. The minimum Gasteiger partial charge on any atom is -0.378 e. The van der Waals surface area contributed by atoms with E-state index in [4.69, 9.17) is 4.74 Å². The van der Waals surface area contributed by atoms with Crippen molar-refractivity contribution in [2.75, 3.05) is 32.8 Å². The zero-order valence-corrected chi connectivity index (χ0v) is 15.2. The fourth-order valence-electron chi connectivity index (χ4n) is 3.92. The molecule has 2 aliphatic heterocycles. The maximum absolute atomic E-state index is 13.3. The quantitative estimate of drug-likeness (QED) is 0.905. The highest BCUT2D eigenvalue weighted by molar-refractivity contribution is 5.74. The summed E-state index contributed by atoms with van der Waals surface area (Å²) in [5, 5.41) is 2.90. The third kappa shape index (κ3) is 4.12. The molecule has 2 aliphatic rings. The van der Waals surface area contributed by atoms with Crippen LogP contribution in [0.15, 0.2) is 54.6 Å². The van der Waals surface area contributed by atoms with E-state index in [0.29, 0.717) is 32.8 Å². The van der Waals surface area contributed by atoms with Gasteiger partial charge in [-0.25, -0.2) is 9.18 Å². The number of rotatable bonds is 3. The lowest BCUT2D eigenvalue weighted by Gasteiger charge is -2.48. The van der Waals surface area contributed by atoms with Gasteiger partial charge in [0, 0.05) is 26.2 Å². The van der Waals surface area contributed by atoms with Crippen molar-refractivity contribution in [3.63, 3.8) is 0 Å². The third-order valence-electron chi connectivity index (χ3n) is 5.32. The number of nitrogens with zero attached hydrogens (tertiary/aromatic N) is 2. The number of nitrogens with one attached hydrogen (secondary N) is 1. The van der Waals surface area contributed by atoms with Crippen molar-refractivity contribution in [3.05, 3.63) is 71.5 Å². The Morgan fingerprint density at radius 3 is 2.78 bits per heavy atom. The summed E-state index contributed by atoms with van der Waals surface area (Å²) in [7, 11) is 0. The van der Waals surface area contributed by atoms with Crippen LogP contribution in [0.3, 0.4) is 0 Å². The molecule has 0 radical (unpaired) electrons. The average Bonchev–Trinajstić information content (AvgIpc) is 2.72. The summed E-state index contributed by atoms with van der Waals surface area (Å²) in [6.45, 7) is 3.78. The van der Waals surface area contributed by atoms with E-state index in [1.165, 1.54) is 17.7 Å². The van der Waals surface area contributed by atoms with Gasteiger partial charge in [0.2, 0.25) is 0 Å². The number of hydrogen-bond donors (Lipinski definition) is 1. The van der Waals surface area contributed by atoms with Crippen molar-refractivity contribution in [1.29, 1.82) is 0 Å². The van der Waals surface area contributed by atoms with E-state index in [2.05, 4.69) is 34.5 Å². The number of carbonyl (C=O) groups is 1. The number of carbonyl (C=O) groups excluding carboxylic acids is 1. The van der Waals surface area contributed by atoms with Crippen LogP contribution in [0.25, 0.3) is 0 Å². The molecule has 2 aromatic rings. The lowest BCUT2D eigenvalue weighted by Crippen LogP contribution is -2.61. The third-order valence-corrected chi connectivity index (χ3v) is 5.32. The summed E-state index contributed by atoms with van der Waals surface area (Å²) in [6, 6.07) is 17.0. The number of halogens is 1. The zero-order chi connectivity index (χ0) is 18.6. The van der Waals surface area contributed by atoms with Gasteiger partial charge >= 0.3 is 6.03 Å². The van der Waals surface area contributed by atoms with Gasteiger partial charge in [0.1, 0.15) is 5.82 Å². The van der Waals surface area contributed by atoms with Gasteiger partial charge in [0.05, 0.1) is 25.3 Å². The molecule has 6 heteroatoms. The van der Waals surface area contributed by atoms with Crippen LogP contribution in [-0.2, 0) is 11.3 Å².